The van der Waals surface area contributed by atoms with Crippen LogP contribution in [-0.4, -0.2) is 51.9 Å². The Labute approximate surface area is 75.2 Å². The Morgan fingerprint density at radius 1 is 1.75 bits per heavy atom. The fraction of sp³-hybridized carbons (Fsp3) is 0.833. The van der Waals surface area contributed by atoms with Crippen molar-refractivity contribution in [2.45, 2.75) is 6.04 Å². The van der Waals surface area contributed by atoms with Crippen LogP contribution in [0.15, 0.2) is 5.16 Å². The molecule has 1 unspecified atom stereocenters. The van der Waals surface area contributed by atoms with E-state index in [0.717, 1.165) is 18.1 Å². The van der Waals surface area contributed by atoms with Crippen LogP contribution in [0.3, 0.4) is 0 Å². The summed E-state index contributed by atoms with van der Waals surface area (Å²) in [6, 6.07) is -0.0142. The third kappa shape index (κ3) is 1.95. The standard InChI is InChI=1S/C6H13N3O2S/c7-6(8-11)9-1-2-12-4-5(9)3-10/h5,10-11H,1-4H2,(H2,7,8). The van der Waals surface area contributed by atoms with Crippen LogP contribution in [0.25, 0.3) is 0 Å². The van der Waals surface area contributed by atoms with Gasteiger partial charge in [-0.3, -0.25) is 0 Å². The maximum Gasteiger partial charge on any atom is 0.233 e. The van der Waals surface area contributed by atoms with Gasteiger partial charge in [-0.15, -0.1) is 0 Å². The average molecular weight is 191 g/mol. The van der Waals surface area contributed by atoms with Gasteiger partial charge in [0.1, 0.15) is 0 Å². The summed E-state index contributed by atoms with van der Waals surface area (Å²) >= 11 is 1.77. The molecule has 5 nitrogen and oxygen atoms in total. The fourth-order valence-corrected chi connectivity index (χ4v) is 2.22. The van der Waals surface area contributed by atoms with Gasteiger partial charge >= 0.3 is 0 Å². The predicted octanol–water partition coefficient (Wildman–Crippen LogP) is -0.900. The molecule has 0 amide bonds. The number of hydrogen-bond donors (Lipinski definition) is 3. The molecule has 4 N–H and O–H groups in total. The lowest BCUT2D eigenvalue weighted by molar-refractivity contribution is 0.188. The lowest BCUT2D eigenvalue weighted by atomic mass is 10.3. The normalized spacial score (nSPS) is 25.9. The van der Waals surface area contributed by atoms with Crippen molar-refractivity contribution in [3.05, 3.63) is 0 Å². The number of rotatable bonds is 1. The van der Waals surface area contributed by atoms with E-state index in [1.165, 1.54) is 0 Å². The smallest absolute Gasteiger partial charge is 0.233 e. The minimum Gasteiger partial charge on any atom is -0.408 e. The number of hydrogen-bond acceptors (Lipinski definition) is 4. The first-order chi connectivity index (χ1) is 5.79. The molecule has 1 heterocycles. The lowest BCUT2D eigenvalue weighted by Crippen LogP contribution is -2.51. The second kappa shape index (κ2) is 4.42. The summed E-state index contributed by atoms with van der Waals surface area (Å²) in [6.07, 6.45) is 0. The van der Waals surface area contributed by atoms with Gasteiger partial charge in [-0.05, 0) is 0 Å². The van der Waals surface area contributed by atoms with E-state index in [-0.39, 0.29) is 18.6 Å². The summed E-state index contributed by atoms with van der Waals surface area (Å²) in [5.74, 6) is 1.87. The maximum atomic E-state index is 8.96. The predicted molar refractivity (Wildman–Crippen MR) is 48.3 cm³/mol. The van der Waals surface area contributed by atoms with Gasteiger partial charge in [0.05, 0.1) is 12.6 Å². The molecule has 1 fully saturated rings. The van der Waals surface area contributed by atoms with Crippen LogP contribution in [-0.2, 0) is 0 Å². The van der Waals surface area contributed by atoms with Crippen molar-refractivity contribution >= 4 is 17.7 Å². The van der Waals surface area contributed by atoms with Gasteiger partial charge < -0.3 is 20.9 Å². The van der Waals surface area contributed by atoms with Crippen molar-refractivity contribution < 1.29 is 10.3 Å². The Morgan fingerprint density at radius 3 is 3.08 bits per heavy atom. The number of oxime groups is 1. The number of thioether (sulfide) groups is 1. The minimum atomic E-state index is -0.0142. The molecule has 70 valence electrons. The van der Waals surface area contributed by atoms with E-state index in [1.807, 2.05) is 0 Å². The van der Waals surface area contributed by atoms with Crippen molar-refractivity contribution in [1.29, 1.82) is 0 Å². The van der Waals surface area contributed by atoms with Crippen LogP contribution in [0.4, 0.5) is 0 Å². The largest absolute Gasteiger partial charge is 0.408 e. The Balaban J connectivity index is 2.58. The first kappa shape index (κ1) is 9.47. The molecule has 0 aromatic heterocycles. The maximum absolute atomic E-state index is 8.96. The fourth-order valence-electron chi connectivity index (χ4n) is 1.17. The van der Waals surface area contributed by atoms with Crippen molar-refractivity contribution in [2.24, 2.45) is 10.9 Å². The molecule has 0 aliphatic carbocycles. The molecule has 0 radical (unpaired) electrons. The van der Waals surface area contributed by atoms with E-state index >= 15 is 0 Å². The topological polar surface area (TPSA) is 82.1 Å². The van der Waals surface area contributed by atoms with Gasteiger partial charge in [0.25, 0.3) is 0 Å². The van der Waals surface area contributed by atoms with Crippen molar-refractivity contribution in [1.82, 2.24) is 4.90 Å². The number of aliphatic hydroxyl groups is 1. The monoisotopic (exact) mass is 191 g/mol. The summed E-state index contributed by atoms with van der Waals surface area (Å²) in [5.41, 5.74) is 5.42. The molecule has 0 aromatic carbocycles. The van der Waals surface area contributed by atoms with Crippen LogP contribution in [0.1, 0.15) is 0 Å². The zero-order valence-electron chi connectivity index (χ0n) is 6.68. The van der Waals surface area contributed by atoms with Gasteiger partial charge in [0.2, 0.25) is 5.96 Å². The molecule has 12 heavy (non-hydrogen) atoms. The van der Waals surface area contributed by atoms with Crippen LogP contribution in [0.2, 0.25) is 0 Å². The molecule has 0 aromatic rings. The molecule has 0 bridgehead atoms. The summed E-state index contributed by atoms with van der Waals surface area (Å²) in [7, 11) is 0. The average Bonchev–Trinajstić information content (AvgIpc) is 2.16. The second-order valence-corrected chi connectivity index (χ2v) is 3.71. The second-order valence-electron chi connectivity index (χ2n) is 2.56. The number of guanidine groups is 1. The Kier molecular flexibility index (Phi) is 3.48. The van der Waals surface area contributed by atoms with Crippen LogP contribution < -0.4 is 5.73 Å². The first-order valence-corrected chi connectivity index (χ1v) is 4.88. The number of nitrogens with two attached hydrogens (primary N) is 1. The highest BCUT2D eigenvalue weighted by molar-refractivity contribution is 7.99. The van der Waals surface area contributed by atoms with Crippen LogP contribution in [0, 0.1) is 0 Å². The van der Waals surface area contributed by atoms with Gasteiger partial charge in [0, 0.05) is 18.1 Å². The van der Waals surface area contributed by atoms with Crippen molar-refractivity contribution in [3.63, 3.8) is 0 Å². The highest BCUT2D eigenvalue weighted by Gasteiger charge is 2.23. The van der Waals surface area contributed by atoms with Crippen LogP contribution in [0.5, 0.6) is 0 Å². The van der Waals surface area contributed by atoms with E-state index in [0.29, 0.717) is 0 Å². The molecule has 1 aliphatic rings. The Hall–Kier alpha value is -0.620. The van der Waals surface area contributed by atoms with E-state index in [9.17, 15) is 0 Å². The molecule has 1 aliphatic heterocycles. The van der Waals surface area contributed by atoms with Gasteiger partial charge in [-0.2, -0.15) is 11.8 Å². The zero-order valence-corrected chi connectivity index (χ0v) is 7.50. The van der Waals surface area contributed by atoms with Crippen molar-refractivity contribution in [3.8, 4) is 0 Å². The quantitative estimate of drug-likeness (QED) is 0.216. The van der Waals surface area contributed by atoms with E-state index in [1.54, 1.807) is 16.7 Å². The molecule has 0 saturated carbocycles. The number of aliphatic hydroxyl groups excluding tert-OH is 1. The summed E-state index contributed by atoms with van der Waals surface area (Å²) < 4.78 is 0. The first-order valence-electron chi connectivity index (χ1n) is 3.72. The van der Waals surface area contributed by atoms with E-state index in [4.69, 9.17) is 16.0 Å². The molecular weight excluding hydrogens is 178 g/mol. The number of nitrogens with zero attached hydrogens (tertiary/aromatic N) is 2. The van der Waals surface area contributed by atoms with E-state index < -0.39 is 0 Å². The molecule has 1 atom stereocenters. The van der Waals surface area contributed by atoms with Gasteiger partial charge in [-0.25, -0.2) is 0 Å². The zero-order chi connectivity index (χ0) is 8.97. The van der Waals surface area contributed by atoms with Gasteiger partial charge in [-0.1, -0.05) is 5.16 Å². The summed E-state index contributed by atoms with van der Waals surface area (Å²) in [5, 5.41) is 20.3. The Bertz CT molecular complexity index is 176. The highest BCUT2D eigenvalue weighted by Crippen LogP contribution is 2.15. The van der Waals surface area contributed by atoms with Gasteiger partial charge in [0.15, 0.2) is 0 Å². The summed E-state index contributed by atoms with van der Waals surface area (Å²) in [6.45, 7) is 0.773. The third-order valence-electron chi connectivity index (χ3n) is 1.84. The SMILES string of the molecule is N/C(=N\O)N1CCSCC1CO. The highest BCUT2D eigenvalue weighted by atomic mass is 32.2. The van der Waals surface area contributed by atoms with Crippen molar-refractivity contribution in [2.75, 3.05) is 24.7 Å². The molecule has 1 rings (SSSR count). The van der Waals surface area contributed by atoms with Crippen LogP contribution >= 0.6 is 11.8 Å². The molecular formula is C6H13N3O2S. The lowest BCUT2D eigenvalue weighted by Gasteiger charge is -2.34. The summed E-state index contributed by atoms with van der Waals surface area (Å²) in [4.78, 5) is 1.72. The Morgan fingerprint density at radius 2 is 2.50 bits per heavy atom. The van der Waals surface area contributed by atoms with E-state index in [2.05, 4.69) is 5.16 Å². The third-order valence-corrected chi connectivity index (χ3v) is 2.93. The molecule has 0 spiro atoms. The molecule has 6 heteroatoms. The minimum absolute atomic E-state index is 0.0142. The molecule has 1 saturated heterocycles.